The molecule has 4 aromatic rings. The number of hydrogen-bond donors (Lipinski definition) is 0. The molecule has 43 heavy (non-hydrogen) atoms. The molecule has 0 radical (unpaired) electrons. The maximum Gasteiger partial charge on any atom is 0.357 e. The van der Waals surface area contributed by atoms with Crippen LogP contribution in [0.5, 0.6) is 28.7 Å². The number of pyridine rings is 2. The summed E-state index contributed by atoms with van der Waals surface area (Å²) < 4.78 is 40.8. The molecule has 2 aromatic carbocycles. The van der Waals surface area contributed by atoms with Gasteiger partial charge >= 0.3 is 5.97 Å². The Morgan fingerprint density at radius 3 is 2.05 bits per heavy atom. The Morgan fingerprint density at radius 2 is 1.47 bits per heavy atom. The number of nitrogens with zero attached hydrogens (tertiary/aromatic N) is 3. The standard InChI is InChI=1S/C31H33N3O9/c1-37-23-16-21-22(17-24(23)43-18-19-6-8-32-9-7-19)30(35)34(33-10-12-42-13-11-33)28(31(36)41-5)27(21)20-14-25(38-2)29(40-4)26(15-20)39-3/h6-9,14-17H,10-13,18H2,1-5H3. The number of morpholine rings is 1. The third kappa shape index (κ3) is 5.61. The molecule has 0 amide bonds. The van der Waals surface area contributed by atoms with Crippen LogP contribution in [0.15, 0.2) is 53.6 Å². The predicted molar refractivity (Wildman–Crippen MR) is 159 cm³/mol. The highest BCUT2D eigenvalue weighted by Crippen LogP contribution is 2.45. The van der Waals surface area contributed by atoms with Crippen molar-refractivity contribution in [3.8, 4) is 39.9 Å². The highest BCUT2D eigenvalue weighted by atomic mass is 16.5. The maximum atomic E-state index is 14.3. The van der Waals surface area contributed by atoms with Crippen LogP contribution < -0.4 is 34.3 Å². The van der Waals surface area contributed by atoms with Crippen molar-refractivity contribution in [2.75, 3.05) is 66.9 Å². The van der Waals surface area contributed by atoms with E-state index in [2.05, 4.69) is 4.98 Å². The quantitative estimate of drug-likeness (QED) is 0.252. The fourth-order valence-corrected chi connectivity index (χ4v) is 5.13. The van der Waals surface area contributed by atoms with Crippen molar-refractivity contribution < 1.29 is 38.0 Å². The number of esters is 1. The van der Waals surface area contributed by atoms with Crippen molar-refractivity contribution in [3.63, 3.8) is 0 Å². The number of rotatable bonds is 10. The first-order chi connectivity index (χ1) is 20.9. The first-order valence-electron chi connectivity index (χ1n) is 13.5. The highest BCUT2D eigenvalue weighted by Gasteiger charge is 2.30. The molecule has 0 saturated carbocycles. The van der Waals surface area contributed by atoms with Crippen LogP contribution in [0, 0.1) is 0 Å². The summed E-state index contributed by atoms with van der Waals surface area (Å²) in [6.45, 7) is 1.75. The Bertz CT molecular complexity index is 1660. The third-order valence-electron chi connectivity index (χ3n) is 7.19. The third-order valence-corrected chi connectivity index (χ3v) is 7.19. The highest BCUT2D eigenvalue weighted by molar-refractivity contribution is 6.08. The minimum absolute atomic E-state index is 0.0312. The normalized spacial score (nSPS) is 13.0. The molecule has 0 unspecified atom stereocenters. The van der Waals surface area contributed by atoms with Crippen LogP contribution in [0.4, 0.5) is 0 Å². The largest absolute Gasteiger partial charge is 0.493 e. The van der Waals surface area contributed by atoms with Gasteiger partial charge in [0.05, 0.1) is 67.2 Å². The fraction of sp³-hybridized carbons (Fsp3) is 0.323. The summed E-state index contributed by atoms with van der Waals surface area (Å²) in [6.07, 6.45) is 3.35. The summed E-state index contributed by atoms with van der Waals surface area (Å²) in [5, 5.41) is 2.52. The van der Waals surface area contributed by atoms with Gasteiger partial charge in [-0.05, 0) is 47.5 Å². The van der Waals surface area contributed by atoms with E-state index in [1.54, 1.807) is 41.7 Å². The molecule has 1 aliphatic rings. The van der Waals surface area contributed by atoms with Crippen LogP contribution in [-0.4, -0.2) is 77.5 Å². The van der Waals surface area contributed by atoms with E-state index < -0.39 is 11.5 Å². The van der Waals surface area contributed by atoms with Crippen molar-refractivity contribution in [1.29, 1.82) is 0 Å². The molecule has 12 heteroatoms. The Kier molecular flexibility index (Phi) is 8.86. The predicted octanol–water partition coefficient (Wildman–Crippen LogP) is 3.43. The number of ether oxygens (including phenoxy) is 7. The molecular weight excluding hydrogens is 558 g/mol. The second kappa shape index (κ2) is 12.9. The summed E-state index contributed by atoms with van der Waals surface area (Å²) in [5.41, 5.74) is 1.43. The van der Waals surface area contributed by atoms with E-state index in [4.69, 9.17) is 33.2 Å². The lowest BCUT2D eigenvalue weighted by atomic mass is 9.95. The number of carbonyl (C=O) groups excluding carboxylic acids is 1. The second-order valence-corrected chi connectivity index (χ2v) is 9.50. The average molecular weight is 592 g/mol. The molecule has 0 N–H and O–H groups in total. The summed E-state index contributed by atoms with van der Waals surface area (Å²) in [4.78, 5) is 32.0. The SMILES string of the molecule is COC(=O)c1c(-c2cc(OC)c(OC)c(OC)c2)c2cc(OC)c(OCc3ccncc3)cc2c(=O)n1N1CCOCC1. The number of carbonyl (C=O) groups is 1. The lowest BCUT2D eigenvalue weighted by Crippen LogP contribution is -2.51. The lowest BCUT2D eigenvalue weighted by molar-refractivity contribution is 0.0580. The maximum absolute atomic E-state index is 14.3. The van der Waals surface area contributed by atoms with Crippen molar-refractivity contribution in [2.24, 2.45) is 0 Å². The molecule has 5 rings (SSSR count). The van der Waals surface area contributed by atoms with Crippen LogP contribution in [-0.2, 0) is 16.1 Å². The van der Waals surface area contributed by atoms with Crippen molar-refractivity contribution in [1.82, 2.24) is 9.66 Å². The zero-order valence-corrected chi connectivity index (χ0v) is 24.7. The minimum Gasteiger partial charge on any atom is -0.493 e. The topological polar surface area (TPSA) is 120 Å². The number of hydrogen-bond acceptors (Lipinski definition) is 11. The van der Waals surface area contributed by atoms with Gasteiger partial charge in [0, 0.05) is 23.3 Å². The Hall–Kier alpha value is -4.97. The summed E-state index contributed by atoms with van der Waals surface area (Å²) >= 11 is 0. The summed E-state index contributed by atoms with van der Waals surface area (Å²) in [7, 11) is 7.30. The van der Waals surface area contributed by atoms with E-state index in [1.165, 1.54) is 40.2 Å². The van der Waals surface area contributed by atoms with E-state index in [-0.39, 0.29) is 12.3 Å². The van der Waals surface area contributed by atoms with Gasteiger partial charge in [0.15, 0.2) is 28.7 Å². The average Bonchev–Trinajstić information content (AvgIpc) is 3.06. The molecule has 3 heterocycles. The smallest absolute Gasteiger partial charge is 0.357 e. The molecule has 0 aliphatic carbocycles. The van der Waals surface area contributed by atoms with Crippen molar-refractivity contribution in [2.45, 2.75) is 6.61 Å². The van der Waals surface area contributed by atoms with Gasteiger partial charge < -0.3 is 38.2 Å². The second-order valence-electron chi connectivity index (χ2n) is 9.50. The van der Waals surface area contributed by atoms with Crippen LogP contribution >= 0.6 is 0 Å². The zero-order chi connectivity index (χ0) is 30.5. The number of methoxy groups -OCH3 is 5. The van der Waals surface area contributed by atoms with Gasteiger partial charge in [-0.3, -0.25) is 9.78 Å². The number of benzene rings is 2. The number of aromatic nitrogens is 2. The monoisotopic (exact) mass is 591 g/mol. The number of fused-ring (bicyclic) bond motifs is 1. The molecular formula is C31H33N3O9. The van der Waals surface area contributed by atoms with Gasteiger partial charge in [0.1, 0.15) is 6.61 Å². The van der Waals surface area contributed by atoms with Crippen LogP contribution in [0.1, 0.15) is 16.1 Å². The van der Waals surface area contributed by atoms with Crippen LogP contribution in [0.2, 0.25) is 0 Å². The van der Waals surface area contributed by atoms with Gasteiger partial charge in [0.25, 0.3) is 5.56 Å². The van der Waals surface area contributed by atoms with E-state index in [0.717, 1.165) is 5.56 Å². The van der Waals surface area contributed by atoms with Gasteiger partial charge in [-0.2, -0.15) is 0 Å². The Morgan fingerprint density at radius 1 is 0.837 bits per heavy atom. The molecule has 0 spiro atoms. The molecule has 1 fully saturated rings. The molecule has 12 nitrogen and oxygen atoms in total. The van der Waals surface area contributed by atoms with E-state index in [1.807, 2.05) is 12.1 Å². The van der Waals surface area contributed by atoms with E-state index in [9.17, 15) is 9.59 Å². The van der Waals surface area contributed by atoms with Crippen LogP contribution in [0.3, 0.4) is 0 Å². The van der Waals surface area contributed by atoms with Gasteiger partial charge in [0.2, 0.25) is 5.75 Å². The van der Waals surface area contributed by atoms with Gasteiger partial charge in [-0.1, -0.05) is 0 Å². The van der Waals surface area contributed by atoms with E-state index in [0.29, 0.717) is 77.0 Å². The van der Waals surface area contributed by atoms with Gasteiger partial charge in [-0.25, -0.2) is 9.47 Å². The first kappa shape index (κ1) is 29.5. The summed E-state index contributed by atoms with van der Waals surface area (Å²) in [6, 6.07) is 10.4. The van der Waals surface area contributed by atoms with Crippen LogP contribution in [0.25, 0.3) is 21.9 Å². The Labute approximate surface area is 248 Å². The zero-order valence-electron chi connectivity index (χ0n) is 24.7. The van der Waals surface area contributed by atoms with Crippen molar-refractivity contribution in [3.05, 3.63) is 70.4 Å². The molecule has 0 bridgehead atoms. The molecule has 1 aliphatic heterocycles. The molecule has 2 aromatic heterocycles. The minimum atomic E-state index is -0.703. The Balaban J connectivity index is 1.86. The van der Waals surface area contributed by atoms with Crippen molar-refractivity contribution >= 4 is 16.7 Å². The first-order valence-corrected chi connectivity index (χ1v) is 13.5. The molecule has 0 atom stereocenters. The fourth-order valence-electron chi connectivity index (χ4n) is 5.13. The summed E-state index contributed by atoms with van der Waals surface area (Å²) in [5.74, 6) is 1.15. The molecule has 1 saturated heterocycles. The lowest BCUT2D eigenvalue weighted by Gasteiger charge is -2.33. The van der Waals surface area contributed by atoms with E-state index >= 15 is 0 Å². The molecule has 226 valence electrons. The van der Waals surface area contributed by atoms with Gasteiger partial charge in [-0.15, -0.1) is 0 Å².